The van der Waals surface area contributed by atoms with Crippen LogP contribution in [0.5, 0.6) is 34.5 Å². The molecule has 0 fully saturated rings. The second-order valence-electron chi connectivity index (χ2n) is 9.03. The molecular weight excluding hydrogens is 464 g/mol. The lowest BCUT2D eigenvalue weighted by Crippen LogP contribution is -2.37. The van der Waals surface area contributed by atoms with Gasteiger partial charge in [-0.2, -0.15) is 0 Å². The minimum absolute atomic E-state index is 0.000443. The normalized spacial score (nSPS) is 21.9. The molecule has 0 aromatic heterocycles. The van der Waals surface area contributed by atoms with Crippen LogP contribution in [0.15, 0.2) is 72.8 Å². The van der Waals surface area contributed by atoms with Gasteiger partial charge < -0.3 is 35.4 Å². The predicted octanol–water partition coefficient (Wildman–Crippen LogP) is 3.65. The summed E-state index contributed by atoms with van der Waals surface area (Å²) in [6.45, 7) is 0. The van der Waals surface area contributed by atoms with Crippen LogP contribution in [0, 0.1) is 0 Å². The van der Waals surface area contributed by atoms with Crippen LogP contribution in [0.3, 0.4) is 0 Å². The molecule has 8 heteroatoms. The number of carbonyl (C=O) groups excluding carboxylic acids is 1. The first-order valence-electron chi connectivity index (χ1n) is 11.1. The van der Waals surface area contributed by atoms with Crippen molar-refractivity contribution in [2.75, 3.05) is 0 Å². The van der Waals surface area contributed by atoms with Gasteiger partial charge in [-0.25, -0.2) is 4.79 Å². The number of aromatic hydroxyl groups is 5. The number of phenols is 5. The highest BCUT2D eigenvalue weighted by atomic mass is 16.5. The van der Waals surface area contributed by atoms with Crippen LogP contribution in [-0.4, -0.2) is 36.6 Å². The number of benzene rings is 4. The maximum absolute atomic E-state index is 13.9. The Kier molecular flexibility index (Phi) is 4.49. The van der Waals surface area contributed by atoms with Gasteiger partial charge in [-0.15, -0.1) is 0 Å². The Hall–Kier alpha value is -4.69. The van der Waals surface area contributed by atoms with Crippen molar-refractivity contribution < 1.29 is 40.2 Å². The van der Waals surface area contributed by atoms with E-state index >= 15 is 0 Å². The summed E-state index contributed by atoms with van der Waals surface area (Å²) in [6.07, 6.45) is -1.38. The van der Waals surface area contributed by atoms with Crippen molar-refractivity contribution in [2.45, 2.75) is 17.4 Å². The molecule has 0 bridgehead atoms. The van der Waals surface area contributed by atoms with E-state index in [0.29, 0.717) is 11.1 Å². The van der Waals surface area contributed by atoms with Crippen LogP contribution in [0.2, 0.25) is 0 Å². The van der Waals surface area contributed by atoms with Gasteiger partial charge in [0.05, 0.1) is 6.10 Å². The predicted molar refractivity (Wildman–Crippen MR) is 126 cm³/mol. The smallest absolute Gasteiger partial charge is 0.331 e. The van der Waals surface area contributed by atoms with E-state index in [1.54, 1.807) is 12.1 Å². The number of esters is 1. The number of aliphatic hydroxyl groups is 1. The Labute approximate surface area is 204 Å². The molecule has 2 aliphatic rings. The molecule has 1 aliphatic carbocycles. The number of carbonyl (C=O) groups is 1. The van der Waals surface area contributed by atoms with E-state index in [0.717, 1.165) is 6.07 Å². The number of phenolic OH excluding ortho intramolecular Hbond substituents is 5. The van der Waals surface area contributed by atoms with Crippen LogP contribution >= 0.6 is 0 Å². The van der Waals surface area contributed by atoms with Gasteiger partial charge in [0.2, 0.25) is 0 Å². The van der Waals surface area contributed by atoms with Crippen molar-refractivity contribution in [2.24, 2.45) is 0 Å². The Morgan fingerprint density at radius 2 is 1.33 bits per heavy atom. The van der Waals surface area contributed by atoms with E-state index in [1.165, 1.54) is 54.6 Å². The fourth-order valence-corrected chi connectivity index (χ4v) is 5.62. The number of hydrogen-bond acceptors (Lipinski definition) is 8. The molecule has 1 heterocycles. The van der Waals surface area contributed by atoms with E-state index in [1.807, 2.05) is 0 Å². The van der Waals surface area contributed by atoms with Crippen molar-refractivity contribution in [3.63, 3.8) is 0 Å². The number of hydrogen-bond donors (Lipinski definition) is 6. The fourth-order valence-electron chi connectivity index (χ4n) is 5.62. The lowest BCUT2D eigenvalue weighted by Gasteiger charge is -2.30. The Morgan fingerprint density at radius 3 is 2.00 bits per heavy atom. The van der Waals surface area contributed by atoms with E-state index in [-0.39, 0.29) is 56.8 Å². The third kappa shape index (κ3) is 2.82. The summed E-state index contributed by atoms with van der Waals surface area (Å²) in [6, 6.07) is 17.0. The zero-order chi connectivity index (χ0) is 25.4. The lowest BCUT2D eigenvalue weighted by molar-refractivity contribution is -0.135. The molecule has 0 amide bonds. The monoisotopic (exact) mass is 484 g/mol. The Bertz CT molecular complexity index is 1540. The molecular formula is C28H20O8. The van der Waals surface area contributed by atoms with E-state index in [9.17, 15) is 35.4 Å². The molecule has 0 spiro atoms. The molecule has 180 valence electrons. The first kappa shape index (κ1) is 21.8. The zero-order valence-corrected chi connectivity index (χ0v) is 18.6. The summed E-state index contributed by atoms with van der Waals surface area (Å²) in [5.74, 6) is -2.64. The number of aliphatic hydroxyl groups excluding tert-OH is 1. The maximum atomic E-state index is 13.9. The molecule has 4 aromatic rings. The van der Waals surface area contributed by atoms with Crippen molar-refractivity contribution >= 4 is 5.97 Å². The summed E-state index contributed by atoms with van der Waals surface area (Å²) in [4.78, 5) is 13.9. The highest BCUT2D eigenvalue weighted by molar-refractivity contribution is 6.00. The fraction of sp³-hybridized carbons (Fsp3) is 0.107. The van der Waals surface area contributed by atoms with Crippen LogP contribution < -0.4 is 4.74 Å². The van der Waals surface area contributed by atoms with Gasteiger partial charge in [0.15, 0.2) is 0 Å². The van der Waals surface area contributed by atoms with Crippen molar-refractivity contribution in [3.05, 3.63) is 106 Å². The minimum Gasteiger partial charge on any atom is -0.508 e. The third-order valence-corrected chi connectivity index (χ3v) is 7.05. The van der Waals surface area contributed by atoms with Gasteiger partial charge in [-0.05, 0) is 58.7 Å². The van der Waals surface area contributed by atoms with Crippen molar-refractivity contribution in [3.8, 4) is 34.5 Å². The quantitative estimate of drug-likeness (QED) is 0.187. The summed E-state index contributed by atoms with van der Waals surface area (Å²) in [5, 5.41) is 63.7. The highest BCUT2D eigenvalue weighted by Gasteiger charge is 2.58. The molecule has 3 atom stereocenters. The number of rotatable bonds is 2. The summed E-state index contributed by atoms with van der Waals surface area (Å²) < 4.78 is 5.63. The Morgan fingerprint density at radius 1 is 0.722 bits per heavy atom. The van der Waals surface area contributed by atoms with Crippen LogP contribution in [0.1, 0.15) is 45.4 Å². The molecule has 36 heavy (non-hydrogen) atoms. The lowest BCUT2D eigenvalue weighted by atomic mass is 9.68. The summed E-state index contributed by atoms with van der Waals surface area (Å²) in [5.41, 5.74) is -0.0807. The van der Waals surface area contributed by atoms with Gasteiger partial charge in [0.25, 0.3) is 0 Å². The van der Waals surface area contributed by atoms with E-state index in [4.69, 9.17) is 4.74 Å². The highest BCUT2D eigenvalue weighted by Crippen LogP contribution is 2.60. The second kappa shape index (κ2) is 7.40. The summed E-state index contributed by atoms with van der Waals surface area (Å²) in [7, 11) is 0. The topological polar surface area (TPSA) is 148 Å². The third-order valence-electron chi connectivity index (χ3n) is 7.05. The molecule has 6 N–H and O–H groups in total. The maximum Gasteiger partial charge on any atom is 0.331 e. The van der Waals surface area contributed by atoms with Gasteiger partial charge in [0.1, 0.15) is 39.9 Å². The van der Waals surface area contributed by atoms with Crippen LogP contribution in [0.4, 0.5) is 0 Å². The molecule has 0 saturated heterocycles. The SMILES string of the molecule is O=C1Oc2cc(O)cc3c2[C@]1(c1ccc(O)cc1)c1cc(O)cc(O)c1[C@H](c1ccc(O)cc1)[C@@H]3O. The molecule has 0 radical (unpaired) electrons. The molecule has 6 rings (SSSR count). The summed E-state index contributed by atoms with van der Waals surface area (Å²) >= 11 is 0. The molecule has 0 saturated carbocycles. The van der Waals surface area contributed by atoms with Gasteiger partial charge >= 0.3 is 5.97 Å². The largest absolute Gasteiger partial charge is 0.508 e. The molecule has 0 unspecified atom stereocenters. The average Bonchev–Trinajstić information content (AvgIpc) is 3.08. The van der Waals surface area contributed by atoms with Crippen molar-refractivity contribution in [1.29, 1.82) is 0 Å². The minimum atomic E-state index is -1.75. The second-order valence-corrected chi connectivity index (χ2v) is 9.03. The van der Waals surface area contributed by atoms with Gasteiger partial charge in [-0.1, -0.05) is 24.3 Å². The van der Waals surface area contributed by atoms with Gasteiger partial charge in [-0.3, -0.25) is 0 Å². The first-order valence-corrected chi connectivity index (χ1v) is 11.1. The van der Waals surface area contributed by atoms with E-state index < -0.39 is 23.4 Å². The molecule has 4 aromatic carbocycles. The van der Waals surface area contributed by atoms with Gasteiger partial charge in [0, 0.05) is 29.2 Å². The van der Waals surface area contributed by atoms with Crippen LogP contribution in [-0.2, 0) is 10.2 Å². The van der Waals surface area contributed by atoms with E-state index in [2.05, 4.69) is 0 Å². The van der Waals surface area contributed by atoms with Crippen LogP contribution in [0.25, 0.3) is 0 Å². The molecule has 8 nitrogen and oxygen atoms in total. The average molecular weight is 484 g/mol. The molecule has 1 aliphatic heterocycles. The number of ether oxygens (including phenoxy) is 1. The Balaban J connectivity index is 1.82. The first-order chi connectivity index (χ1) is 17.2. The zero-order valence-electron chi connectivity index (χ0n) is 18.6. The standard InChI is InChI=1S/C28H20O8/c29-15-5-1-13(2-6-15)23-24-20(10-18(32)11-21(24)33)28(14-3-7-16(30)8-4-14)25-19(26(23)34)9-17(31)12-22(25)36-27(28)35/h1-12,23,26,29-34H/t23-,26+,28-/m0/s1. The van der Waals surface area contributed by atoms with Crippen molar-refractivity contribution in [1.82, 2.24) is 0 Å². The number of fused-ring (bicyclic) bond motifs is 2.